The Kier molecular flexibility index (Phi) is 2.97. The summed E-state index contributed by atoms with van der Waals surface area (Å²) >= 11 is 1.33. The second kappa shape index (κ2) is 4.42. The standard InChI is InChI=1S/C11H10N2O3S/c1-6-5-12-11(17-6)13-10(16)7-3-2-4-8(14)9(7)15/h2-5,14-15H,1H3,(H,12,13,16). The number of nitrogens with one attached hydrogen (secondary N) is 1. The van der Waals surface area contributed by atoms with Crippen LogP contribution in [0.4, 0.5) is 5.13 Å². The molecular formula is C11H10N2O3S. The summed E-state index contributed by atoms with van der Waals surface area (Å²) < 4.78 is 0. The average Bonchev–Trinajstić information content (AvgIpc) is 2.68. The Morgan fingerprint density at radius 1 is 1.41 bits per heavy atom. The summed E-state index contributed by atoms with van der Waals surface area (Å²) in [5, 5.41) is 21.8. The molecule has 0 unspecified atom stereocenters. The van der Waals surface area contributed by atoms with E-state index in [1.807, 2.05) is 6.92 Å². The van der Waals surface area contributed by atoms with E-state index in [2.05, 4.69) is 10.3 Å². The van der Waals surface area contributed by atoms with Crippen LogP contribution in [-0.2, 0) is 0 Å². The monoisotopic (exact) mass is 250 g/mol. The molecule has 0 bridgehead atoms. The molecule has 0 atom stereocenters. The van der Waals surface area contributed by atoms with E-state index in [1.54, 1.807) is 6.20 Å². The van der Waals surface area contributed by atoms with Gasteiger partial charge in [0.1, 0.15) is 0 Å². The smallest absolute Gasteiger partial charge is 0.261 e. The number of anilines is 1. The molecule has 1 aromatic heterocycles. The van der Waals surface area contributed by atoms with Gasteiger partial charge in [-0.2, -0.15) is 0 Å². The molecule has 0 radical (unpaired) electrons. The van der Waals surface area contributed by atoms with Gasteiger partial charge in [0.05, 0.1) is 5.56 Å². The predicted octanol–water partition coefficient (Wildman–Crippen LogP) is 2.12. The Morgan fingerprint density at radius 3 is 2.82 bits per heavy atom. The number of amides is 1. The molecule has 0 saturated heterocycles. The number of carbonyl (C=O) groups is 1. The van der Waals surface area contributed by atoms with Crippen LogP contribution in [0.15, 0.2) is 24.4 Å². The number of phenols is 2. The van der Waals surface area contributed by atoms with Gasteiger partial charge in [-0.25, -0.2) is 4.98 Å². The van der Waals surface area contributed by atoms with Crippen LogP contribution in [0.1, 0.15) is 15.2 Å². The first-order chi connectivity index (χ1) is 8.08. The molecule has 2 aromatic rings. The zero-order valence-corrected chi connectivity index (χ0v) is 9.78. The minimum Gasteiger partial charge on any atom is -0.504 e. The van der Waals surface area contributed by atoms with Crippen LogP contribution >= 0.6 is 11.3 Å². The number of rotatable bonds is 2. The second-order valence-electron chi connectivity index (χ2n) is 3.40. The van der Waals surface area contributed by atoms with Crippen molar-refractivity contribution in [2.75, 3.05) is 5.32 Å². The van der Waals surface area contributed by atoms with Crippen molar-refractivity contribution in [1.29, 1.82) is 0 Å². The summed E-state index contributed by atoms with van der Waals surface area (Å²) in [6.45, 7) is 1.87. The van der Waals surface area contributed by atoms with E-state index in [0.717, 1.165) is 4.88 Å². The van der Waals surface area contributed by atoms with Gasteiger partial charge < -0.3 is 10.2 Å². The highest BCUT2D eigenvalue weighted by molar-refractivity contribution is 7.15. The van der Waals surface area contributed by atoms with Gasteiger partial charge in [-0.15, -0.1) is 11.3 Å². The van der Waals surface area contributed by atoms with Crippen molar-refractivity contribution in [3.63, 3.8) is 0 Å². The number of aromatic hydroxyl groups is 2. The quantitative estimate of drug-likeness (QED) is 0.713. The molecule has 0 aliphatic carbocycles. The van der Waals surface area contributed by atoms with Crippen molar-refractivity contribution in [3.8, 4) is 11.5 Å². The molecule has 88 valence electrons. The van der Waals surface area contributed by atoms with Crippen LogP contribution in [0.5, 0.6) is 11.5 Å². The number of phenolic OH excluding ortho intramolecular Hbond substituents is 2. The van der Waals surface area contributed by atoms with E-state index in [1.165, 1.54) is 29.5 Å². The molecule has 6 heteroatoms. The summed E-state index contributed by atoms with van der Waals surface area (Å²) in [4.78, 5) is 16.7. The second-order valence-corrected chi connectivity index (χ2v) is 4.64. The molecule has 0 aliphatic rings. The average molecular weight is 250 g/mol. The van der Waals surface area contributed by atoms with Crippen molar-refractivity contribution in [2.24, 2.45) is 0 Å². The first-order valence-corrected chi connectivity index (χ1v) is 5.64. The SMILES string of the molecule is Cc1cnc(NC(=O)c2cccc(O)c2O)s1. The van der Waals surface area contributed by atoms with E-state index in [4.69, 9.17) is 0 Å². The minimum absolute atomic E-state index is 0.0119. The lowest BCUT2D eigenvalue weighted by atomic mass is 10.2. The Balaban J connectivity index is 2.23. The molecule has 1 heterocycles. The lowest BCUT2D eigenvalue weighted by Gasteiger charge is -2.05. The molecule has 0 saturated carbocycles. The van der Waals surface area contributed by atoms with Gasteiger partial charge in [-0.05, 0) is 19.1 Å². The largest absolute Gasteiger partial charge is 0.504 e. The van der Waals surface area contributed by atoms with Crippen LogP contribution in [0, 0.1) is 6.92 Å². The van der Waals surface area contributed by atoms with E-state index < -0.39 is 11.7 Å². The van der Waals surface area contributed by atoms with Gasteiger partial charge in [0.15, 0.2) is 16.6 Å². The molecule has 2 rings (SSSR count). The number of aryl methyl sites for hydroxylation is 1. The first kappa shape index (κ1) is 11.4. The Hall–Kier alpha value is -2.08. The summed E-state index contributed by atoms with van der Waals surface area (Å²) in [5.74, 6) is -1.26. The normalized spacial score (nSPS) is 10.2. The van der Waals surface area contributed by atoms with Crippen LogP contribution in [0.25, 0.3) is 0 Å². The third-order valence-corrected chi connectivity index (χ3v) is 2.93. The molecule has 17 heavy (non-hydrogen) atoms. The maximum atomic E-state index is 11.8. The Bertz CT molecular complexity index is 566. The lowest BCUT2D eigenvalue weighted by Crippen LogP contribution is -2.11. The fraction of sp³-hybridized carbons (Fsp3) is 0.0909. The Morgan fingerprint density at radius 2 is 2.18 bits per heavy atom. The van der Waals surface area contributed by atoms with Crippen molar-refractivity contribution in [2.45, 2.75) is 6.92 Å². The number of benzene rings is 1. The molecule has 0 fully saturated rings. The fourth-order valence-electron chi connectivity index (χ4n) is 1.29. The molecule has 5 nitrogen and oxygen atoms in total. The van der Waals surface area contributed by atoms with Gasteiger partial charge in [0.25, 0.3) is 5.91 Å². The fourth-order valence-corrected chi connectivity index (χ4v) is 1.95. The molecule has 0 spiro atoms. The zero-order chi connectivity index (χ0) is 12.4. The van der Waals surface area contributed by atoms with E-state index in [-0.39, 0.29) is 11.3 Å². The topological polar surface area (TPSA) is 82.5 Å². The molecule has 1 aromatic carbocycles. The minimum atomic E-state index is -0.507. The van der Waals surface area contributed by atoms with Crippen LogP contribution < -0.4 is 5.32 Å². The van der Waals surface area contributed by atoms with Crippen molar-refractivity contribution < 1.29 is 15.0 Å². The number of aromatic nitrogens is 1. The molecular weight excluding hydrogens is 240 g/mol. The summed E-state index contributed by atoms with van der Waals surface area (Å²) in [6, 6.07) is 4.21. The van der Waals surface area contributed by atoms with Gasteiger partial charge in [-0.3, -0.25) is 10.1 Å². The summed E-state index contributed by atoms with van der Waals surface area (Å²) in [7, 11) is 0. The van der Waals surface area contributed by atoms with Gasteiger partial charge in [0.2, 0.25) is 0 Å². The Labute approximate surface area is 101 Å². The molecule has 3 N–H and O–H groups in total. The van der Waals surface area contributed by atoms with Gasteiger partial charge in [-0.1, -0.05) is 6.07 Å². The van der Waals surface area contributed by atoms with Crippen LogP contribution in [0.2, 0.25) is 0 Å². The highest BCUT2D eigenvalue weighted by Gasteiger charge is 2.14. The maximum absolute atomic E-state index is 11.8. The van der Waals surface area contributed by atoms with Gasteiger partial charge >= 0.3 is 0 Å². The molecule has 1 amide bonds. The number of thiazole rings is 1. The number of carbonyl (C=O) groups excluding carboxylic acids is 1. The van der Waals surface area contributed by atoms with E-state index in [9.17, 15) is 15.0 Å². The summed E-state index contributed by atoms with van der Waals surface area (Å²) in [6.07, 6.45) is 1.64. The number of para-hydroxylation sites is 1. The van der Waals surface area contributed by atoms with Crippen molar-refractivity contribution >= 4 is 22.4 Å². The highest BCUT2D eigenvalue weighted by Crippen LogP contribution is 2.29. The predicted molar refractivity (Wildman–Crippen MR) is 64.6 cm³/mol. The maximum Gasteiger partial charge on any atom is 0.261 e. The number of hydrogen-bond donors (Lipinski definition) is 3. The third kappa shape index (κ3) is 2.36. The molecule has 0 aliphatic heterocycles. The van der Waals surface area contributed by atoms with E-state index >= 15 is 0 Å². The lowest BCUT2D eigenvalue weighted by molar-refractivity contribution is 0.102. The first-order valence-electron chi connectivity index (χ1n) is 4.82. The number of hydrogen-bond acceptors (Lipinski definition) is 5. The van der Waals surface area contributed by atoms with Crippen molar-refractivity contribution in [1.82, 2.24) is 4.98 Å². The number of nitrogens with zero attached hydrogens (tertiary/aromatic N) is 1. The van der Waals surface area contributed by atoms with Crippen LogP contribution in [-0.4, -0.2) is 21.1 Å². The van der Waals surface area contributed by atoms with Crippen molar-refractivity contribution in [3.05, 3.63) is 34.8 Å². The van der Waals surface area contributed by atoms with Gasteiger partial charge in [0, 0.05) is 11.1 Å². The zero-order valence-electron chi connectivity index (χ0n) is 8.97. The highest BCUT2D eigenvalue weighted by atomic mass is 32.1. The van der Waals surface area contributed by atoms with E-state index in [0.29, 0.717) is 5.13 Å². The third-order valence-electron chi connectivity index (χ3n) is 2.10. The summed E-state index contributed by atoms with van der Waals surface area (Å²) in [5.41, 5.74) is 0.0119. The van der Waals surface area contributed by atoms with Crippen LogP contribution in [0.3, 0.4) is 0 Å².